The lowest BCUT2D eigenvalue weighted by atomic mass is 9.98. The van der Waals surface area contributed by atoms with Crippen LogP contribution in [0.5, 0.6) is 0 Å². The number of rotatable bonds is 5. The molecule has 3 nitrogen and oxygen atoms in total. The lowest BCUT2D eigenvalue weighted by Gasteiger charge is -2.45. The molecule has 0 aromatic heterocycles. The Kier molecular flexibility index (Phi) is 5.83. The maximum absolute atomic E-state index is 3.57. The van der Waals surface area contributed by atoms with Crippen LogP contribution in [0.2, 0.25) is 0 Å². The molecule has 0 amide bonds. The number of benzene rings is 1. The van der Waals surface area contributed by atoms with Crippen LogP contribution in [-0.2, 0) is 0 Å². The average molecular weight is 354 g/mol. The summed E-state index contributed by atoms with van der Waals surface area (Å²) in [5.74, 6) is 0. The van der Waals surface area contributed by atoms with Crippen molar-refractivity contribution < 1.29 is 0 Å². The molecule has 4 heteroatoms. The first kappa shape index (κ1) is 16.9. The van der Waals surface area contributed by atoms with Crippen molar-refractivity contribution in [3.05, 3.63) is 34.3 Å². The molecule has 21 heavy (non-hydrogen) atoms. The summed E-state index contributed by atoms with van der Waals surface area (Å²) < 4.78 is 1.15. The van der Waals surface area contributed by atoms with E-state index in [1.165, 1.54) is 12.1 Å². The predicted molar refractivity (Wildman–Crippen MR) is 93.7 cm³/mol. The van der Waals surface area contributed by atoms with E-state index in [4.69, 9.17) is 0 Å². The van der Waals surface area contributed by atoms with E-state index in [0.29, 0.717) is 6.04 Å². The van der Waals surface area contributed by atoms with E-state index < -0.39 is 0 Å². The van der Waals surface area contributed by atoms with E-state index >= 15 is 0 Å². The summed E-state index contributed by atoms with van der Waals surface area (Å²) in [4.78, 5) is 5.07. The topological polar surface area (TPSA) is 18.5 Å². The van der Waals surface area contributed by atoms with Gasteiger partial charge in [-0.3, -0.25) is 4.90 Å². The lowest BCUT2D eigenvalue weighted by Crippen LogP contribution is -2.57. The second kappa shape index (κ2) is 7.23. The Labute approximate surface area is 137 Å². The van der Waals surface area contributed by atoms with Gasteiger partial charge in [0.1, 0.15) is 0 Å². The Morgan fingerprint density at radius 2 is 2.10 bits per heavy atom. The summed E-state index contributed by atoms with van der Waals surface area (Å²) in [5.41, 5.74) is 1.64. The van der Waals surface area contributed by atoms with Crippen molar-refractivity contribution >= 4 is 15.9 Å². The fourth-order valence-electron chi connectivity index (χ4n) is 3.04. The first-order valence-electron chi connectivity index (χ1n) is 7.79. The van der Waals surface area contributed by atoms with E-state index in [0.717, 1.165) is 30.5 Å². The summed E-state index contributed by atoms with van der Waals surface area (Å²) in [5, 5.41) is 3.46. The van der Waals surface area contributed by atoms with Crippen LogP contribution in [0.3, 0.4) is 0 Å². The fraction of sp³-hybridized carbons (Fsp3) is 0.647. The molecule has 1 unspecified atom stereocenters. The molecule has 1 heterocycles. The van der Waals surface area contributed by atoms with Crippen molar-refractivity contribution in [1.82, 2.24) is 15.1 Å². The Morgan fingerprint density at radius 1 is 1.33 bits per heavy atom. The van der Waals surface area contributed by atoms with Crippen LogP contribution < -0.4 is 5.32 Å². The van der Waals surface area contributed by atoms with Gasteiger partial charge in [-0.1, -0.05) is 28.1 Å². The number of nitrogens with one attached hydrogen (secondary N) is 1. The van der Waals surface area contributed by atoms with Crippen LogP contribution in [0.15, 0.2) is 28.7 Å². The van der Waals surface area contributed by atoms with Gasteiger partial charge in [-0.2, -0.15) is 0 Å². The van der Waals surface area contributed by atoms with Gasteiger partial charge in [-0.15, -0.1) is 0 Å². The van der Waals surface area contributed by atoms with Gasteiger partial charge >= 0.3 is 0 Å². The van der Waals surface area contributed by atoms with Crippen LogP contribution in [0.25, 0.3) is 0 Å². The van der Waals surface area contributed by atoms with Crippen LogP contribution in [0, 0.1) is 0 Å². The van der Waals surface area contributed by atoms with Gasteiger partial charge in [-0.05, 0) is 52.1 Å². The fourth-order valence-corrected chi connectivity index (χ4v) is 3.46. The zero-order valence-electron chi connectivity index (χ0n) is 13.7. The van der Waals surface area contributed by atoms with E-state index in [2.05, 4.69) is 83.3 Å². The molecule has 2 rings (SSSR count). The predicted octanol–water partition coefficient (Wildman–Crippen LogP) is 3.13. The molecule has 1 aromatic carbocycles. The van der Waals surface area contributed by atoms with Gasteiger partial charge in [0.2, 0.25) is 0 Å². The SMILES string of the molecule is CNC(CCN1CCN(C)C(C)(C)C1)c1cccc(Br)c1. The Bertz CT molecular complexity index is 461. The van der Waals surface area contributed by atoms with E-state index in [-0.39, 0.29) is 5.54 Å². The average Bonchev–Trinajstić information content (AvgIpc) is 2.43. The Hall–Kier alpha value is -0.420. The van der Waals surface area contributed by atoms with Crippen molar-refractivity contribution in [3.8, 4) is 0 Å². The van der Waals surface area contributed by atoms with Crippen LogP contribution in [0.1, 0.15) is 31.9 Å². The molecule has 0 bridgehead atoms. The maximum atomic E-state index is 3.57. The number of halogens is 1. The summed E-state index contributed by atoms with van der Waals surface area (Å²) in [6.45, 7) is 9.31. The number of nitrogens with zero attached hydrogens (tertiary/aromatic N) is 2. The highest BCUT2D eigenvalue weighted by molar-refractivity contribution is 9.10. The summed E-state index contributed by atoms with van der Waals surface area (Å²) in [7, 11) is 4.29. The van der Waals surface area contributed by atoms with Gasteiger partial charge in [0.05, 0.1) is 0 Å². The number of piperazine rings is 1. The highest BCUT2D eigenvalue weighted by Gasteiger charge is 2.30. The molecule has 118 valence electrons. The minimum atomic E-state index is 0.281. The second-order valence-corrected chi connectivity index (χ2v) is 7.61. The number of hydrogen-bond donors (Lipinski definition) is 1. The molecule has 0 aliphatic carbocycles. The minimum absolute atomic E-state index is 0.281. The molecular weight excluding hydrogens is 326 g/mol. The Balaban J connectivity index is 1.92. The Morgan fingerprint density at radius 3 is 2.71 bits per heavy atom. The van der Waals surface area contributed by atoms with Crippen LogP contribution in [-0.4, -0.2) is 55.6 Å². The third kappa shape index (κ3) is 4.52. The van der Waals surface area contributed by atoms with Crippen molar-refractivity contribution in [2.75, 3.05) is 40.3 Å². The van der Waals surface area contributed by atoms with E-state index in [1.54, 1.807) is 0 Å². The van der Waals surface area contributed by atoms with Gasteiger partial charge in [0.25, 0.3) is 0 Å². The molecule has 1 aliphatic heterocycles. The van der Waals surface area contributed by atoms with Gasteiger partial charge in [0.15, 0.2) is 0 Å². The number of hydrogen-bond acceptors (Lipinski definition) is 3. The first-order valence-corrected chi connectivity index (χ1v) is 8.58. The first-order chi connectivity index (χ1) is 9.92. The number of likely N-dealkylation sites (N-methyl/N-ethyl adjacent to an activating group) is 1. The monoisotopic (exact) mass is 353 g/mol. The van der Waals surface area contributed by atoms with Crippen LogP contribution >= 0.6 is 15.9 Å². The molecule has 1 aliphatic rings. The third-order valence-electron chi connectivity index (χ3n) is 4.73. The van der Waals surface area contributed by atoms with E-state index in [1.807, 2.05) is 0 Å². The van der Waals surface area contributed by atoms with Crippen molar-refractivity contribution in [1.29, 1.82) is 0 Å². The normalized spacial score (nSPS) is 21.4. The summed E-state index contributed by atoms with van der Waals surface area (Å²) in [6, 6.07) is 9.04. The molecule has 1 aromatic rings. The second-order valence-electron chi connectivity index (χ2n) is 6.70. The molecule has 1 saturated heterocycles. The molecule has 1 N–H and O–H groups in total. The van der Waals surface area contributed by atoms with Crippen molar-refractivity contribution in [2.24, 2.45) is 0 Å². The molecule has 0 radical (unpaired) electrons. The largest absolute Gasteiger partial charge is 0.313 e. The third-order valence-corrected chi connectivity index (χ3v) is 5.22. The standard InChI is InChI=1S/C17H28BrN3/c1-17(2)13-21(11-10-20(17)4)9-8-16(19-3)14-6-5-7-15(18)12-14/h5-7,12,16,19H,8-11,13H2,1-4H3. The van der Waals surface area contributed by atoms with Crippen LogP contribution in [0.4, 0.5) is 0 Å². The minimum Gasteiger partial charge on any atom is -0.313 e. The molecule has 0 saturated carbocycles. The van der Waals surface area contributed by atoms with Gasteiger partial charge in [-0.25, -0.2) is 0 Å². The van der Waals surface area contributed by atoms with Crippen molar-refractivity contribution in [2.45, 2.75) is 31.8 Å². The zero-order valence-corrected chi connectivity index (χ0v) is 15.3. The molecule has 1 fully saturated rings. The quantitative estimate of drug-likeness (QED) is 0.877. The molecule has 1 atom stereocenters. The smallest absolute Gasteiger partial charge is 0.0330 e. The van der Waals surface area contributed by atoms with Gasteiger partial charge < -0.3 is 10.2 Å². The summed E-state index contributed by atoms with van der Waals surface area (Å²) >= 11 is 3.57. The van der Waals surface area contributed by atoms with E-state index in [9.17, 15) is 0 Å². The summed E-state index contributed by atoms with van der Waals surface area (Å²) in [6.07, 6.45) is 1.15. The van der Waals surface area contributed by atoms with Gasteiger partial charge in [0, 0.05) is 42.2 Å². The molecular formula is C17H28BrN3. The lowest BCUT2D eigenvalue weighted by molar-refractivity contribution is 0.0383. The zero-order chi connectivity index (χ0) is 15.5. The van der Waals surface area contributed by atoms with Crippen molar-refractivity contribution in [3.63, 3.8) is 0 Å². The highest BCUT2D eigenvalue weighted by atomic mass is 79.9. The maximum Gasteiger partial charge on any atom is 0.0330 e. The highest BCUT2D eigenvalue weighted by Crippen LogP contribution is 2.23. The molecule has 0 spiro atoms.